The fourth-order valence-corrected chi connectivity index (χ4v) is 5.54. The van der Waals surface area contributed by atoms with Gasteiger partial charge in [0.05, 0.1) is 4.90 Å². The number of hydrogen-bond acceptors (Lipinski definition) is 4. The first-order valence-corrected chi connectivity index (χ1v) is 13.1. The summed E-state index contributed by atoms with van der Waals surface area (Å²) in [5, 5.41) is 0. The van der Waals surface area contributed by atoms with Crippen molar-refractivity contribution < 1.29 is 13.2 Å². The number of aryl methyl sites for hydroxylation is 2. The van der Waals surface area contributed by atoms with E-state index in [1.165, 1.54) is 11.6 Å². The molecule has 1 amide bonds. The van der Waals surface area contributed by atoms with Gasteiger partial charge in [0.25, 0.3) is 15.9 Å². The molecule has 6 nitrogen and oxygen atoms in total. The molecule has 0 aliphatic carbocycles. The molecular formula is C27H31N3O3S. The molecule has 3 aromatic carbocycles. The molecular weight excluding hydrogens is 446 g/mol. The van der Waals surface area contributed by atoms with Crippen molar-refractivity contribution in [3.63, 3.8) is 0 Å². The van der Waals surface area contributed by atoms with Crippen LogP contribution in [0.5, 0.6) is 0 Å². The van der Waals surface area contributed by atoms with Crippen molar-refractivity contribution in [1.29, 1.82) is 0 Å². The van der Waals surface area contributed by atoms with Crippen LogP contribution in [0.1, 0.15) is 33.5 Å². The van der Waals surface area contributed by atoms with Gasteiger partial charge >= 0.3 is 0 Å². The van der Waals surface area contributed by atoms with Crippen LogP contribution < -0.4 is 4.72 Å². The van der Waals surface area contributed by atoms with E-state index in [-0.39, 0.29) is 10.8 Å². The van der Waals surface area contributed by atoms with Crippen LogP contribution in [-0.4, -0.2) is 50.3 Å². The second-order valence-electron chi connectivity index (χ2n) is 8.86. The lowest BCUT2D eigenvalue weighted by Crippen LogP contribution is -2.35. The van der Waals surface area contributed by atoms with Crippen LogP contribution in [0.25, 0.3) is 0 Å². The van der Waals surface area contributed by atoms with Gasteiger partial charge in [-0.1, -0.05) is 54.1 Å². The minimum absolute atomic E-state index is 0.124. The largest absolute Gasteiger partial charge is 0.337 e. The van der Waals surface area contributed by atoms with Crippen molar-refractivity contribution in [2.45, 2.75) is 31.7 Å². The van der Waals surface area contributed by atoms with Gasteiger partial charge in [0.1, 0.15) is 0 Å². The molecule has 7 heteroatoms. The maximum absolute atomic E-state index is 13.3. The summed E-state index contributed by atoms with van der Waals surface area (Å²) < 4.78 is 28.8. The predicted octanol–water partition coefficient (Wildman–Crippen LogP) is 4.45. The van der Waals surface area contributed by atoms with E-state index < -0.39 is 10.0 Å². The zero-order chi connectivity index (χ0) is 24.1. The van der Waals surface area contributed by atoms with Crippen molar-refractivity contribution >= 4 is 21.6 Å². The molecule has 0 atom stereocenters. The lowest BCUT2D eigenvalue weighted by Gasteiger charge is -2.22. The fourth-order valence-electron chi connectivity index (χ4n) is 4.21. The smallest absolute Gasteiger partial charge is 0.262 e. The van der Waals surface area contributed by atoms with E-state index in [2.05, 4.69) is 21.8 Å². The van der Waals surface area contributed by atoms with Crippen molar-refractivity contribution in [3.8, 4) is 0 Å². The van der Waals surface area contributed by atoms with E-state index in [0.717, 1.165) is 31.6 Å². The molecule has 1 aliphatic rings. The molecule has 1 aliphatic heterocycles. The van der Waals surface area contributed by atoms with Gasteiger partial charge in [-0.15, -0.1) is 0 Å². The third-order valence-corrected chi connectivity index (χ3v) is 7.68. The Hall–Kier alpha value is -3.16. The molecule has 1 fully saturated rings. The van der Waals surface area contributed by atoms with E-state index in [9.17, 15) is 13.2 Å². The molecule has 1 heterocycles. The molecule has 34 heavy (non-hydrogen) atoms. The number of benzene rings is 3. The summed E-state index contributed by atoms with van der Waals surface area (Å²) >= 11 is 0. The third kappa shape index (κ3) is 5.85. The van der Waals surface area contributed by atoms with Gasteiger partial charge in [0, 0.05) is 44.0 Å². The zero-order valence-electron chi connectivity index (χ0n) is 19.7. The lowest BCUT2D eigenvalue weighted by molar-refractivity contribution is 0.0761. The maximum atomic E-state index is 13.3. The molecule has 0 bridgehead atoms. The van der Waals surface area contributed by atoms with Crippen LogP contribution >= 0.6 is 0 Å². The molecule has 0 unspecified atom stereocenters. The molecule has 3 aromatic rings. The molecule has 1 saturated heterocycles. The van der Waals surface area contributed by atoms with Gasteiger partial charge in [-0.3, -0.25) is 14.4 Å². The first kappa shape index (κ1) is 24.0. The van der Waals surface area contributed by atoms with E-state index in [0.29, 0.717) is 29.9 Å². The average molecular weight is 478 g/mol. The van der Waals surface area contributed by atoms with Crippen molar-refractivity contribution in [3.05, 3.63) is 95.1 Å². The Labute approximate surface area is 202 Å². The molecule has 0 spiro atoms. The van der Waals surface area contributed by atoms with Gasteiger partial charge in [-0.2, -0.15) is 0 Å². The number of amides is 1. The summed E-state index contributed by atoms with van der Waals surface area (Å²) in [6.45, 7) is 7.53. The predicted molar refractivity (Wildman–Crippen MR) is 135 cm³/mol. The van der Waals surface area contributed by atoms with Gasteiger partial charge in [-0.05, 0) is 55.7 Å². The van der Waals surface area contributed by atoms with Gasteiger partial charge in [-0.25, -0.2) is 8.42 Å². The number of anilines is 1. The van der Waals surface area contributed by atoms with Crippen LogP contribution in [-0.2, 0) is 16.6 Å². The Bertz CT molecular complexity index is 1240. The first-order valence-electron chi connectivity index (χ1n) is 11.6. The molecule has 1 N–H and O–H groups in total. The topological polar surface area (TPSA) is 69.7 Å². The second-order valence-corrected chi connectivity index (χ2v) is 10.5. The standard InChI is InChI=1S/C27H31N3O3S/c1-21-9-13-25(14-10-21)28-34(32,33)26-19-24(12-11-22(26)2)27(31)30-16-6-15-29(17-18-30)20-23-7-4-3-5-8-23/h3-5,7-14,19,28H,6,15-18,20H2,1-2H3. The Balaban J connectivity index is 1.47. The van der Waals surface area contributed by atoms with Crippen LogP contribution in [0.2, 0.25) is 0 Å². The Morgan fingerprint density at radius 3 is 2.35 bits per heavy atom. The highest BCUT2D eigenvalue weighted by molar-refractivity contribution is 7.92. The lowest BCUT2D eigenvalue weighted by atomic mass is 10.1. The van der Waals surface area contributed by atoms with Crippen LogP contribution in [0.15, 0.2) is 77.7 Å². The fraction of sp³-hybridized carbons (Fsp3) is 0.296. The minimum Gasteiger partial charge on any atom is -0.337 e. The van der Waals surface area contributed by atoms with E-state index in [1.807, 2.05) is 42.2 Å². The summed E-state index contributed by atoms with van der Waals surface area (Å²) in [7, 11) is -3.82. The summed E-state index contributed by atoms with van der Waals surface area (Å²) in [6.07, 6.45) is 0.880. The highest BCUT2D eigenvalue weighted by Gasteiger charge is 2.24. The summed E-state index contributed by atoms with van der Waals surface area (Å²) in [6, 6.07) is 22.4. The Morgan fingerprint density at radius 1 is 0.882 bits per heavy atom. The maximum Gasteiger partial charge on any atom is 0.262 e. The van der Waals surface area contributed by atoms with Crippen LogP contribution in [0.3, 0.4) is 0 Å². The Kier molecular flexibility index (Phi) is 7.34. The number of carbonyl (C=O) groups is 1. The Morgan fingerprint density at radius 2 is 1.62 bits per heavy atom. The molecule has 0 radical (unpaired) electrons. The minimum atomic E-state index is -3.82. The number of sulfonamides is 1. The highest BCUT2D eigenvalue weighted by Crippen LogP contribution is 2.22. The molecule has 178 valence electrons. The number of rotatable bonds is 6. The van der Waals surface area contributed by atoms with Crippen LogP contribution in [0, 0.1) is 13.8 Å². The zero-order valence-corrected chi connectivity index (χ0v) is 20.5. The quantitative estimate of drug-likeness (QED) is 0.569. The highest BCUT2D eigenvalue weighted by atomic mass is 32.2. The first-order chi connectivity index (χ1) is 16.3. The van der Waals surface area contributed by atoms with E-state index in [4.69, 9.17) is 0 Å². The number of carbonyl (C=O) groups excluding carboxylic acids is 1. The van der Waals surface area contributed by atoms with Crippen molar-refractivity contribution in [2.75, 3.05) is 30.9 Å². The van der Waals surface area contributed by atoms with Crippen molar-refractivity contribution in [2.24, 2.45) is 0 Å². The third-order valence-electron chi connectivity index (χ3n) is 6.15. The van der Waals surface area contributed by atoms with Crippen molar-refractivity contribution in [1.82, 2.24) is 9.80 Å². The SMILES string of the molecule is Cc1ccc(NS(=O)(=O)c2cc(C(=O)N3CCCN(Cc4ccccc4)CC3)ccc2C)cc1. The number of nitrogens with one attached hydrogen (secondary N) is 1. The van der Waals surface area contributed by atoms with E-state index in [1.54, 1.807) is 31.2 Å². The van der Waals surface area contributed by atoms with Crippen LogP contribution in [0.4, 0.5) is 5.69 Å². The summed E-state index contributed by atoms with van der Waals surface area (Å²) in [5.41, 5.74) is 3.79. The summed E-state index contributed by atoms with van der Waals surface area (Å²) in [4.78, 5) is 17.6. The number of hydrogen-bond donors (Lipinski definition) is 1. The molecule has 4 rings (SSSR count). The van der Waals surface area contributed by atoms with Gasteiger partial charge < -0.3 is 4.90 Å². The van der Waals surface area contributed by atoms with E-state index >= 15 is 0 Å². The van der Waals surface area contributed by atoms with Gasteiger partial charge in [0.2, 0.25) is 0 Å². The monoisotopic (exact) mass is 477 g/mol. The summed E-state index contributed by atoms with van der Waals surface area (Å²) in [5.74, 6) is -0.131. The number of nitrogens with zero attached hydrogens (tertiary/aromatic N) is 2. The second kappa shape index (κ2) is 10.4. The molecule has 0 saturated carbocycles. The average Bonchev–Trinajstić information content (AvgIpc) is 3.06. The van der Waals surface area contributed by atoms with Gasteiger partial charge in [0.15, 0.2) is 0 Å². The molecule has 0 aromatic heterocycles. The normalized spacial score (nSPS) is 15.1.